The van der Waals surface area contributed by atoms with Crippen LogP contribution >= 0.6 is 15.9 Å². The summed E-state index contributed by atoms with van der Waals surface area (Å²) in [5.74, 6) is -0.518. The van der Waals surface area contributed by atoms with Crippen molar-refractivity contribution in [2.24, 2.45) is 0 Å². The molecule has 1 unspecified atom stereocenters. The Kier molecular flexibility index (Phi) is 4.66. The van der Waals surface area contributed by atoms with Crippen LogP contribution in [0.2, 0.25) is 0 Å². The molecule has 1 nitrogen and oxygen atoms in total. The molecule has 2 rings (SSSR count). The standard InChI is InChI=1S/C15H14BrF2N/c1-10(14-6-5-12(16)8-15(14)18)19-9-11-3-2-4-13(17)7-11/h2-8,10,19H,9H2,1H3. The van der Waals surface area contributed by atoms with E-state index >= 15 is 0 Å². The highest BCUT2D eigenvalue weighted by Crippen LogP contribution is 2.21. The fourth-order valence-corrected chi connectivity index (χ4v) is 2.21. The SMILES string of the molecule is CC(NCc1cccc(F)c1)c1ccc(Br)cc1F. The topological polar surface area (TPSA) is 12.0 Å². The van der Waals surface area contributed by atoms with Crippen molar-refractivity contribution in [3.63, 3.8) is 0 Å². The van der Waals surface area contributed by atoms with Crippen LogP contribution in [-0.2, 0) is 6.54 Å². The number of halogens is 3. The van der Waals surface area contributed by atoms with Gasteiger partial charge in [-0.3, -0.25) is 0 Å². The van der Waals surface area contributed by atoms with E-state index in [2.05, 4.69) is 21.2 Å². The van der Waals surface area contributed by atoms with Crippen LogP contribution in [0.4, 0.5) is 8.78 Å². The molecule has 0 aliphatic rings. The predicted octanol–water partition coefficient (Wildman–Crippen LogP) is 4.58. The predicted molar refractivity (Wildman–Crippen MR) is 75.8 cm³/mol. The van der Waals surface area contributed by atoms with E-state index in [1.54, 1.807) is 18.2 Å². The second-order valence-electron chi connectivity index (χ2n) is 4.40. The summed E-state index contributed by atoms with van der Waals surface area (Å²) in [6, 6.07) is 11.2. The Balaban J connectivity index is 2.03. The highest BCUT2D eigenvalue weighted by atomic mass is 79.9. The van der Waals surface area contributed by atoms with Crippen LogP contribution in [0, 0.1) is 11.6 Å². The van der Waals surface area contributed by atoms with Crippen LogP contribution in [0.5, 0.6) is 0 Å². The zero-order chi connectivity index (χ0) is 13.8. The van der Waals surface area contributed by atoms with Gasteiger partial charge in [0.2, 0.25) is 0 Å². The third-order valence-electron chi connectivity index (χ3n) is 2.93. The minimum Gasteiger partial charge on any atom is -0.306 e. The van der Waals surface area contributed by atoms with Crippen LogP contribution in [-0.4, -0.2) is 0 Å². The zero-order valence-corrected chi connectivity index (χ0v) is 12.0. The van der Waals surface area contributed by atoms with Gasteiger partial charge in [0.15, 0.2) is 0 Å². The van der Waals surface area contributed by atoms with Crippen molar-refractivity contribution in [1.82, 2.24) is 5.32 Å². The van der Waals surface area contributed by atoms with Gasteiger partial charge in [-0.2, -0.15) is 0 Å². The first kappa shape index (κ1) is 14.2. The molecule has 0 radical (unpaired) electrons. The average Bonchev–Trinajstić information content (AvgIpc) is 2.36. The van der Waals surface area contributed by atoms with Crippen LogP contribution in [0.1, 0.15) is 24.1 Å². The number of hydrogen-bond acceptors (Lipinski definition) is 1. The highest BCUT2D eigenvalue weighted by Gasteiger charge is 2.10. The normalized spacial score (nSPS) is 12.4. The number of benzene rings is 2. The first-order valence-corrected chi connectivity index (χ1v) is 6.78. The van der Waals surface area contributed by atoms with Gasteiger partial charge in [-0.05, 0) is 36.8 Å². The van der Waals surface area contributed by atoms with Gasteiger partial charge in [0, 0.05) is 22.6 Å². The van der Waals surface area contributed by atoms with Crippen molar-refractivity contribution in [2.45, 2.75) is 19.5 Å². The molecule has 2 aromatic rings. The van der Waals surface area contributed by atoms with Crippen molar-refractivity contribution in [3.05, 3.63) is 69.7 Å². The van der Waals surface area contributed by atoms with E-state index in [0.29, 0.717) is 16.6 Å². The van der Waals surface area contributed by atoms with Crippen LogP contribution in [0.15, 0.2) is 46.9 Å². The number of rotatable bonds is 4. The Morgan fingerprint density at radius 3 is 2.63 bits per heavy atom. The maximum Gasteiger partial charge on any atom is 0.129 e. The molecule has 0 heterocycles. The summed E-state index contributed by atoms with van der Waals surface area (Å²) in [5, 5.41) is 3.18. The molecule has 1 N–H and O–H groups in total. The molecule has 0 bridgehead atoms. The third kappa shape index (κ3) is 3.85. The molecule has 100 valence electrons. The Hall–Kier alpha value is -1.26. The summed E-state index contributed by atoms with van der Waals surface area (Å²) in [5.41, 5.74) is 1.43. The Morgan fingerprint density at radius 2 is 1.95 bits per heavy atom. The monoisotopic (exact) mass is 325 g/mol. The lowest BCUT2D eigenvalue weighted by Gasteiger charge is -2.15. The maximum absolute atomic E-state index is 13.8. The fourth-order valence-electron chi connectivity index (χ4n) is 1.88. The van der Waals surface area contributed by atoms with E-state index in [0.717, 1.165) is 5.56 Å². The van der Waals surface area contributed by atoms with Crippen molar-refractivity contribution < 1.29 is 8.78 Å². The van der Waals surface area contributed by atoms with Gasteiger partial charge in [-0.15, -0.1) is 0 Å². The summed E-state index contributed by atoms with van der Waals surface area (Å²) in [7, 11) is 0. The quantitative estimate of drug-likeness (QED) is 0.867. The molecule has 0 aliphatic heterocycles. The van der Waals surface area contributed by atoms with Crippen molar-refractivity contribution in [2.75, 3.05) is 0 Å². The van der Waals surface area contributed by atoms with Crippen molar-refractivity contribution in [3.8, 4) is 0 Å². The summed E-state index contributed by atoms with van der Waals surface area (Å²) in [4.78, 5) is 0. The molecule has 0 saturated heterocycles. The Labute approximate surface area is 119 Å². The lowest BCUT2D eigenvalue weighted by atomic mass is 10.1. The Morgan fingerprint density at radius 1 is 1.16 bits per heavy atom. The van der Waals surface area contributed by atoms with E-state index < -0.39 is 0 Å². The number of hydrogen-bond donors (Lipinski definition) is 1. The Bertz CT molecular complexity index is 572. The molecule has 0 amide bonds. The summed E-state index contributed by atoms with van der Waals surface area (Å²) in [6.45, 7) is 2.38. The van der Waals surface area contributed by atoms with Gasteiger partial charge in [-0.25, -0.2) is 8.78 Å². The van der Waals surface area contributed by atoms with Gasteiger partial charge < -0.3 is 5.32 Å². The molecule has 4 heteroatoms. The van der Waals surface area contributed by atoms with Crippen LogP contribution in [0.3, 0.4) is 0 Å². The molecule has 0 aromatic heterocycles. The molecule has 0 fully saturated rings. The molecular formula is C15H14BrF2N. The largest absolute Gasteiger partial charge is 0.306 e. The summed E-state index contributed by atoms with van der Waals surface area (Å²) < 4.78 is 27.5. The van der Waals surface area contributed by atoms with E-state index in [1.165, 1.54) is 18.2 Å². The van der Waals surface area contributed by atoms with Crippen LogP contribution < -0.4 is 5.32 Å². The highest BCUT2D eigenvalue weighted by molar-refractivity contribution is 9.10. The molecule has 2 aromatic carbocycles. The van der Waals surface area contributed by atoms with Gasteiger partial charge >= 0.3 is 0 Å². The van der Waals surface area contributed by atoms with Gasteiger partial charge in [0.1, 0.15) is 11.6 Å². The third-order valence-corrected chi connectivity index (χ3v) is 3.42. The van der Waals surface area contributed by atoms with Crippen LogP contribution in [0.25, 0.3) is 0 Å². The van der Waals surface area contributed by atoms with E-state index in [1.807, 2.05) is 13.0 Å². The molecule has 0 spiro atoms. The molecular weight excluding hydrogens is 312 g/mol. The van der Waals surface area contributed by atoms with Gasteiger partial charge in [-0.1, -0.05) is 34.1 Å². The second-order valence-corrected chi connectivity index (χ2v) is 5.31. The molecule has 0 saturated carbocycles. The first-order valence-electron chi connectivity index (χ1n) is 5.99. The molecule has 1 atom stereocenters. The minimum absolute atomic E-state index is 0.142. The second kappa shape index (κ2) is 6.26. The van der Waals surface area contributed by atoms with E-state index in [9.17, 15) is 8.78 Å². The lowest BCUT2D eigenvalue weighted by molar-refractivity contribution is 0.526. The molecule has 19 heavy (non-hydrogen) atoms. The van der Waals surface area contributed by atoms with Crippen molar-refractivity contribution >= 4 is 15.9 Å². The number of nitrogens with one attached hydrogen (secondary N) is 1. The van der Waals surface area contributed by atoms with Crippen molar-refractivity contribution in [1.29, 1.82) is 0 Å². The summed E-state index contributed by atoms with van der Waals surface area (Å²) >= 11 is 3.23. The van der Waals surface area contributed by atoms with E-state index in [4.69, 9.17) is 0 Å². The fraction of sp³-hybridized carbons (Fsp3) is 0.200. The van der Waals surface area contributed by atoms with Gasteiger partial charge in [0.05, 0.1) is 0 Å². The maximum atomic E-state index is 13.8. The van der Waals surface area contributed by atoms with E-state index in [-0.39, 0.29) is 17.7 Å². The lowest BCUT2D eigenvalue weighted by Crippen LogP contribution is -2.19. The minimum atomic E-state index is -0.262. The smallest absolute Gasteiger partial charge is 0.129 e. The zero-order valence-electron chi connectivity index (χ0n) is 10.5. The first-order chi connectivity index (χ1) is 9.06. The average molecular weight is 326 g/mol. The van der Waals surface area contributed by atoms with Gasteiger partial charge in [0.25, 0.3) is 0 Å². The molecule has 0 aliphatic carbocycles. The summed E-state index contributed by atoms with van der Waals surface area (Å²) in [6.07, 6.45) is 0.